The monoisotopic (exact) mass is 273 g/mol. The lowest BCUT2D eigenvalue weighted by Crippen LogP contribution is -2.37. The number of aliphatic hydroxyl groups is 2. The minimum absolute atomic E-state index is 0.0645. The summed E-state index contributed by atoms with van der Waals surface area (Å²) in [5, 5.41) is 18.6. The highest BCUT2D eigenvalue weighted by molar-refractivity contribution is 4.64. The van der Waals surface area contributed by atoms with Crippen molar-refractivity contribution >= 4 is 0 Å². The molecular weight excluding hydrogens is 238 g/mol. The van der Waals surface area contributed by atoms with E-state index in [9.17, 15) is 10.2 Å². The van der Waals surface area contributed by atoms with Crippen molar-refractivity contribution in [3.63, 3.8) is 0 Å². The van der Waals surface area contributed by atoms with E-state index < -0.39 is 5.79 Å². The second-order valence-electron chi connectivity index (χ2n) is 5.83. The van der Waals surface area contributed by atoms with Crippen molar-refractivity contribution in [2.75, 3.05) is 6.54 Å². The van der Waals surface area contributed by atoms with Gasteiger partial charge in [0.2, 0.25) is 0 Å². The van der Waals surface area contributed by atoms with Gasteiger partial charge in [-0.2, -0.15) is 0 Å². The molecule has 0 saturated heterocycles. The van der Waals surface area contributed by atoms with E-state index in [4.69, 9.17) is 5.73 Å². The van der Waals surface area contributed by atoms with E-state index in [0.29, 0.717) is 6.42 Å². The summed E-state index contributed by atoms with van der Waals surface area (Å²) in [6.07, 6.45) is 15.8. The molecule has 4 N–H and O–H groups in total. The van der Waals surface area contributed by atoms with Gasteiger partial charge in [-0.3, -0.25) is 0 Å². The molecular formula is C16H35NO2. The Kier molecular flexibility index (Phi) is 12.8. The maximum atomic E-state index is 9.32. The van der Waals surface area contributed by atoms with Crippen LogP contribution in [0.25, 0.3) is 0 Å². The van der Waals surface area contributed by atoms with E-state index in [1.54, 1.807) is 0 Å². The Hall–Kier alpha value is -0.120. The highest BCUT2D eigenvalue weighted by Crippen LogP contribution is 2.14. The van der Waals surface area contributed by atoms with Gasteiger partial charge in [0.05, 0.1) is 0 Å². The average molecular weight is 273 g/mol. The normalized spacial score (nSPS) is 12.0. The molecule has 0 amide bonds. The molecule has 0 aromatic rings. The second kappa shape index (κ2) is 12.9. The van der Waals surface area contributed by atoms with Crippen molar-refractivity contribution in [1.82, 2.24) is 0 Å². The first kappa shape index (κ1) is 18.9. The molecule has 0 unspecified atom stereocenters. The van der Waals surface area contributed by atoms with Gasteiger partial charge in [-0.25, -0.2) is 0 Å². The predicted molar refractivity (Wildman–Crippen MR) is 81.9 cm³/mol. The minimum Gasteiger partial charge on any atom is -0.365 e. The number of hydrogen-bond acceptors (Lipinski definition) is 3. The molecule has 0 radical (unpaired) electrons. The van der Waals surface area contributed by atoms with Crippen molar-refractivity contribution in [3.8, 4) is 0 Å². The number of hydrogen-bond donors (Lipinski definition) is 3. The van der Waals surface area contributed by atoms with Crippen LogP contribution < -0.4 is 5.73 Å². The van der Waals surface area contributed by atoms with Crippen LogP contribution in [0.15, 0.2) is 0 Å². The zero-order valence-electron chi connectivity index (χ0n) is 12.9. The lowest BCUT2D eigenvalue weighted by atomic mass is 10.0. The first-order valence-electron chi connectivity index (χ1n) is 8.27. The lowest BCUT2D eigenvalue weighted by molar-refractivity contribution is -0.157. The fourth-order valence-corrected chi connectivity index (χ4v) is 2.35. The first-order chi connectivity index (χ1) is 9.12. The summed E-state index contributed by atoms with van der Waals surface area (Å²) in [6.45, 7) is 2.19. The maximum Gasteiger partial charge on any atom is 0.175 e. The van der Waals surface area contributed by atoms with Crippen LogP contribution in [-0.4, -0.2) is 22.5 Å². The van der Waals surface area contributed by atoms with Crippen LogP contribution in [0.5, 0.6) is 0 Å². The standard InChI is InChI=1S/C16H35NO2/c1-2-3-4-5-6-7-8-9-10-11-12-13-14-16(18,19)15-17/h18-19H,2-15,17H2,1H3. The van der Waals surface area contributed by atoms with Gasteiger partial charge in [0.1, 0.15) is 0 Å². The molecule has 0 aliphatic rings. The molecule has 0 aliphatic heterocycles. The Morgan fingerprint density at radius 2 is 1.05 bits per heavy atom. The molecule has 0 aromatic heterocycles. The van der Waals surface area contributed by atoms with Crippen LogP contribution in [0.1, 0.15) is 90.4 Å². The Morgan fingerprint density at radius 1 is 0.684 bits per heavy atom. The average Bonchev–Trinajstić information content (AvgIpc) is 2.40. The molecule has 0 spiro atoms. The molecule has 0 atom stereocenters. The van der Waals surface area contributed by atoms with Crippen molar-refractivity contribution in [2.45, 2.75) is 96.2 Å². The molecule has 3 nitrogen and oxygen atoms in total. The fourth-order valence-electron chi connectivity index (χ4n) is 2.35. The quantitative estimate of drug-likeness (QED) is 0.334. The van der Waals surface area contributed by atoms with E-state index >= 15 is 0 Å². The van der Waals surface area contributed by atoms with E-state index in [0.717, 1.165) is 12.8 Å². The van der Waals surface area contributed by atoms with E-state index in [2.05, 4.69) is 6.92 Å². The number of rotatable bonds is 14. The van der Waals surface area contributed by atoms with Crippen molar-refractivity contribution in [1.29, 1.82) is 0 Å². The summed E-state index contributed by atoms with van der Waals surface area (Å²) in [5.74, 6) is -1.64. The zero-order valence-corrected chi connectivity index (χ0v) is 12.9. The number of unbranched alkanes of at least 4 members (excludes halogenated alkanes) is 11. The van der Waals surface area contributed by atoms with Gasteiger partial charge in [-0.1, -0.05) is 77.6 Å². The van der Waals surface area contributed by atoms with Crippen LogP contribution in [0.2, 0.25) is 0 Å². The molecule has 0 bridgehead atoms. The Morgan fingerprint density at radius 3 is 1.42 bits per heavy atom. The van der Waals surface area contributed by atoms with E-state index in [1.807, 2.05) is 0 Å². The van der Waals surface area contributed by atoms with Gasteiger partial charge in [0.15, 0.2) is 5.79 Å². The largest absolute Gasteiger partial charge is 0.365 e. The first-order valence-corrected chi connectivity index (χ1v) is 8.27. The molecule has 116 valence electrons. The highest BCUT2D eigenvalue weighted by atomic mass is 16.5. The van der Waals surface area contributed by atoms with E-state index in [-0.39, 0.29) is 6.54 Å². The van der Waals surface area contributed by atoms with Gasteiger partial charge in [0, 0.05) is 13.0 Å². The third-order valence-electron chi connectivity index (χ3n) is 3.76. The topological polar surface area (TPSA) is 66.5 Å². The summed E-state index contributed by atoms with van der Waals surface area (Å²) in [4.78, 5) is 0. The number of nitrogens with two attached hydrogens (primary N) is 1. The lowest BCUT2D eigenvalue weighted by Gasteiger charge is -2.18. The fraction of sp³-hybridized carbons (Fsp3) is 1.00. The van der Waals surface area contributed by atoms with Crippen LogP contribution in [0.3, 0.4) is 0 Å². The molecule has 0 aliphatic carbocycles. The minimum atomic E-state index is -1.64. The van der Waals surface area contributed by atoms with Gasteiger partial charge in [0.25, 0.3) is 0 Å². The van der Waals surface area contributed by atoms with Crippen LogP contribution >= 0.6 is 0 Å². The smallest absolute Gasteiger partial charge is 0.175 e. The summed E-state index contributed by atoms with van der Waals surface area (Å²) < 4.78 is 0. The summed E-state index contributed by atoms with van der Waals surface area (Å²) in [5.41, 5.74) is 5.25. The molecule has 0 fully saturated rings. The molecule has 3 heteroatoms. The van der Waals surface area contributed by atoms with Gasteiger partial charge < -0.3 is 15.9 Å². The third-order valence-corrected chi connectivity index (χ3v) is 3.76. The van der Waals surface area contributed by atoms with Gasteiger partial charge in [-0.15, -0.1) is 0 Å². The molecule has 0 aromatic carbocycles. The van der Waals surface area contributed by atoms with Gasteiger partial charge in [-0.05, 0) is 6.42 Å². The maximum absolute atomic E-state index is 9.32. The third kappa shape index (κ3) is 14.1. The summed E-state index contributed by atoms with van der Waals surface area (Å²) >= 11 is 0. The predicted octanol–water partition coefficient (Wildman–Crippen LogP) is 3.72. The second-order valence-corrected chi connectivity index (χ2v) is 5.83. The van der Waals surface area contributed by atoms with Crippen LogP contribution in [0.4, 0.5) is 0 Å². The Labute approximate surface area is 119 Å². The van der Waals surface area contributed by atoms with Crippen molar-refractivity contribution in [3.05, 3.63) is 0 Å². The summed E-state index contributed by atoms with van der Waals surface area (Å²) in [7, 11) is 0. The zero-order chi connectivity index (χ0) is 14.4. The Bertz CT molecular complexity index is 184. The van der Waals surface area contributed by atoms with Crippen LogP contribution in [0, 0.1) is 0 Å². The molecule has 0 rings (SSSR count). The van der Waals surface area contributed by atoms with Gasteiger partial charge >= 0.3 is 0 Å². The van der Waals surface area contributed by atoms with Crippen LogP contribution in [-0.2, 0) is 0 Å². The SMILES string of the molecule is CCCCCCCCCCCCCCC(O)(O)CN. The van der Waals surface area contributed by atoms with Crippen molar-refractivity contribution in [2.24, 2.45) is 5.73 Å². The van der Waals surface area contributed by atoms with E-state index in [1.165, 1.54) is 64.2 Å². The Balaban J connectivity index is 3.07. The molecule has 0 heterocycles. The highest BCUT2D eigenvalue weighted by Gasteiger charge is 2.18. The van der Waals surface area contributed by atoms with Crippen molar-refractivity contribution < 1.29 is 10.2 Å². The summed E-state index contributed by atoms with van der Waals surface area (Å²) in [6, 6.07) is 0. The molecule has 19 heavy (non-hydrogen) atoms. The molecule has 0 saturated carbocycles.